The van der Waals surface area contributed by atoms with E-state index >= 15 is 0 Å². The third-order valence-corrected chi connectivity index (χ3v) is 2.51. The lowest BCUT2D eigenvalue weighted by molar-refractivity contribution is -0.133. The third-order valence-electron chi connectivity index (χ3n) is 2.51. The Hall–Kier alpha value is -1.71. The largest absolute Gasteiger partial charge is 0.305 e. The Morgan fingerprint density at radius 2 is 2.07 bits per heavy atom. The molecule has 1 aromatic rings. The van der Waals surface area contributed by atoms with Crippen LogP contribution in [0, 0.1) is 12.7 Å². The van der Waals surface area contributed by atoms with E-state index in [1.54, 1.807) is 19.1 Å². The van der Waals surface area contributed by atoms with Crippen molar-refractivity contribution in [1.29, 1.82) is 0 Å². The van der Waals surface area contributed by atoms with E-state index in [2.05, 4.69) is 0 Å². The number of carbonyl (C=O) groups excluding carboxylic acids is 2. The second-order valence-electron chi connectivity index (χ2n) is 3.56. The molecular formula is C11H10FNO2. The summed E-state index contributed by atoms with van der Waals surface area (Å²) in [6.45, 7) is 2.00. The fraction of sp³-hybridized carbons (Fsp3) is 0.273. The summed E-state index contributed by atoms with van der Waals surface area (Å²) in [7, 11) is 0. The lowest BCUT2D eigenvalue weighted by Crippen LogP contribution is -2.26. The molecule has 0 atom stereocenters. The van der Waals surface area contributed by atoms with Gasteiger partial charge in [-0.25, -0.2) is 4.39 Å². The minimum absolute atomic E-state index is 0.217. The SMILES string of the molecule is Cc1ccc(N2CCC(=O)C2=O)cc1F. The molecule has 4 heteroatoms. The van der Waals surface area contributed by atoms with Crippen molar-refractivity contribution in [2.45, 2.75) is 13.3 Å². The van der Waals surface area contributed by atoms with Gasteiger partial charge in [-0.1, -0.05) is 6.07 Å². The molecule has 78 valence electrons. The summed E-state index contributed by atoms with van der Waals surface area (Å²) < 4.78 is 13.2. The highest BCUT2D eigenvalue weighted by molar-refractivity contribution is 6.43. The number of anilines is 1. The first-order chi connectivity index (χ1) is 7.09. The standard InChI is InChI=1S/C11H10FNO2/c1-7-2-3-8(6-9(7)12)13-5-4-10(14)11(13)15/h2-3,6H,4-5H2,1H3. The average Bonchev–Trinajstić information content (AvgIpc) is 2.53. The van der Waals surface area contributed by atoms with Gasteiger partial charge in [0, 0.05) is 18.7 Å². The number of carbonyl (C=O) groups is 2. The van der Waals surface area contributed by atoms with Gasteiger partial charge in [0.25, 0.3) is 5.91 Å². The highest BCUT2D eigenvalue weighted by Gasteiger charge is 2.30. The molecule has 1 heterocycles. The summed E-state index contributed by atoms with van der Waals surface area (Å²) in [6.07, 6.45) is 0.217. The molecule has 0 aromatic heterocycles. The molecule has 0 N–H and O–H groups in total. The zero-order chi connectivity index (χ0) is 11.0. The Morgan fingerprint density at radius 3 is 2.60 bits per heavy atom. The van der Waals surface area contributed by atoms with E-state index < -0.39 is 11.7 Å². The van der Waals surface area contributed by atoms with E-state index in [0.29, 0.717) is 17.8 Å². The molecule has 3 nitrogen and oxygen atoms in total. The van der Waals surface area contributed by atoms with Crippen LogP contribution in [0.3, 0.4) is 0 Å². The number of amides is 1. The van der Waals surface area contributed by atoms with Crippen molar-refractivity contribution in [3.8, 4) is 0 Å². The predicted octanol–water partition coefficient (Wildman–Crippen LogP) is 1.44. The van der Waals surface area contributed by atoms with Crippen molar-refractivity contribution in [2.24, 2.45) is 0 Å². The van der Waals surface area contributed by atoms with E-state index in [9.17, 15) is 14.0 Å². The second-order valence-corrected chi connectivity index (χ2v) is 3.56. The maximum Gasteiger partial charge on any atom is 0.294 e. The molecule has 1 aliphatic heterocycles. The van der Waals surface area contributed by atoms with Crippen molar-refractivity contribution in [1.82, 2.24) is 0 Å². The number of benzene rings is 1. The van der Waals surface area contributed by atoms with E-state index in [-0.39, 0.29) is 12.2 Å². The number of ketones is 1. The normalized spacial score (nSPS) is 16.3. The maximum absolute atomic E-state index is 13.2. The fourth-order valence-electron chi connectivity index (χ4n) is 1.57. The number of hydrogen-bond donors (Lipinski definition) is 0. The monoisotopic (exact) mass is 207 g/mol. The van der Waals surface area contributed by atoms with Crippen LogP contribution in [0.2, 0.25) is 0 Å². The molecule has 0 aliphatic carbocycles. The van der Waals surface area contributed by atoms with Crippen LogP contribution < -0.4 is 4.90 Å². The quantitative estimate of drug-likeness (QED) is 0.653. The number of rotatable bonds is 1. The smallest absolute Gasteiger partial charge is 0.294 e. The minimum atomic E-state index is -0.543. The summed E-state index contributed by atoms with van der Waals surface area (Å²) in [5.41, 5.74) is 0.977. The van der Waals surface area contributed by atoms with Crippen LogP contribution in [-0.4, -0.2) is 18.2 Å². The number of hydrogen-bond acceptors (Lipinski definition) is 2. The molecule has 1 amide bonds. The molecule has 0 unspecified atom stereocenters. The molecule has 0 radical (unpaired) electrons. The van der Waals surface area contributed by atoms with Gasteiger partial charge in [-0.2, -0.15) is 0 Å². The molecule has 2 rings (SSSR count). The van der Waals surface area contributed by atoms with Crippen molar-refractivity contribution < 1.29 is 14.0 Å². The second kappa shape index (κ2) is 3.46. The highest BCUT2D eigenvalue weighted by Crippen LogP contribution is 2.21. The third kappa shape index (κ3) is 1.63. The van der Waals surface area contributed by atoms with Crippen LogP contribution in [0.4, 0.5) is 10.1 Å². The zero-order valence-electron chi connectivity index (χ0n) is 8.29. The summed E-state index contributed by atoms with van der Waals surface area (Å²) in [4.78, 5) is 23.7. The summed E-state index contributed by atoms with van der Waals surface area (Å²) in [5, 5.41) is 0. The van der Waals surface area contributed by atoms with Gasteiger partial charge in [0.15, 0.2) is 0 Å². The van der Waals surface area contributed by atoms with E-state index in [0.717, 1.165) is 0 Å². The van der Waals surface area contributed by atoms with Crippen molar-refractivity contribution in [3.05, 3.63) is 29.6 Å². The lowest BCUT2D eigenvalue weighted by atomic mass is 10.2. The van der Waals surface area contributed by atoms with Gasteiger partial charge < -0.3 is 4.90 Å². The van der Waals surface area contributed by atoms with Gasteiger partial charge in [0.1, 0.15) is 5.82 Å². The van der Waals surface area contributed by atoms with Gasteiger partial charge in [-0.05, 0) is 24.6 Å². The van der Waals surface area contributed by atoms with E-state index in [4.69, 9.17) is 0 Å². The number of halogens is 1. The maximum atomic E-state index is 13.2. The van der Waals surface area contributed by atoms with Gasteiger partial charge >= 0.3 is 0 Å². The van der Waals surface area contributed by atoms with Crippen LogP contribution in [0.1, 0.15) is 12.0 Å². The minimum Gasteiger partial charge on any atom is -0.305 e. The summed E-state index contributed by atoms with van der Waals surface area (Å²) >= 11 is 0. The molecular weight excluding hydrogens is 197 g/mol. The molecule has 0 saturated carbocycles. The van der Waals surface area contributed by atoms with Crippen LogP contribution in [0.25, 0.3) is 0 Å². The van der Waals surface area contributed by atoms with E-state index in [1.165, 1.54) is 11.0 Å². The van der Waals surface area contributed by atoms with Crippen molar-refractivity contribution in [3.63, 3.8) is 0 Å². The van der Waals surface area contributed by atoms with Gasteiger partial charge in [0.05, 0.1) is 0 Å². The van der Waals surface area contributed by atoms with Crippen molar-refractivity contribution >= 4 is 17.4 Å². The molecule has 0 spiro atoms. The van der Waals surface area contributed by atoms with Gasteiger partial charge in [0.2, 0.25) is 5.78 Å². The first-order valence-corrected chi connectivity index (χ1v) is 4.70. The number of aryl methyl sites for hydroxylation is 1. The number of Topliss-reactive ketones (excluding diaryl/α,β-unsaturated/α-hetero) is 1. The van der Waals surface area contributed by atoms with Crippen LogP contribution in [0.15, 0.2) is 18.2 Å². The lowest BCUT2D eigenvalue weighted by Gasteiger charge is -2.14. The van der Waals surface area contributed by atoms with E-state index in [1.807, 2.05) is 0 Å². The van der Waals surface area contributed by atoms with Crippen LogP contribution in [-0.2, 0) is 9.59 Å². The molecule has 1 saturated heterocycles. The Kier molecular flexibility index (Phi) is 2.26. The topological polar surface area (TPSA) is 37.4 Å². The Labute approximate surface area is 86.5 Å². The molecule has 1 aliphatic rings. The predicted molar refractivity (Wildman–Crippen MR) is 53.1 cm³/mol. The fourth-order valence-corrected chi connectivity index (χ4v) is 1.57. The Bertz CT molecular complexity index is 442. The summed E-state index contributed by atoms with van der Waals surface area (Å²) in [5.74, 6) is -1.31. The van der Waals surface area contributed by atoms with Gasteiger partial charge in [-0.3, -0.25) is 9.59 Å². The number of nitrogens with zero attached hydrogens (tertiary/aromatic N) is 1. The Balaban J connectivity index is 2.34. The molecule has 1 fully saturated rings. The van der Waals surface area contributed by atoms with Crippen molar-refractivity contribution in [2.75, 3.05) is 11.4 Å². The van der Waals surface area contributed by atoms with Crippen LogP contribution in [0.5, 0.6) is 0 Å². The summed E-state index contributed by atoms with van der Waals surface area (Å²) in [6, 6.07) is 4.53. The molecule has 15 heavy (non-hydrogen) atoms. The highest BCUT2D eigenvalue weighted by atomic mass is 19.1. The average molecular weight is 207 g/mol. The molecule has 0 bridgehead atoms. The first kappa shape index (κ1) is 9.83. The molecule has 1 aromatic carbocycles. The first-order valence-electron chi connectivity index (χ1n) is 4.70. The van der Waals surface area contributed by atoms with Crippen LogP contribution >= 0.6 is 0 Å². The zero-order valence-corrected chi connectivity index (χ0v) is 8.29. The van der Waals surface area contributed by atoms with Gasteiger partial charge in [-0.15, -0.1) is 0 Å². The Morgan fingerprint density at radius 1 is 1.33 bits per heavy atom.